The SMILES string of the molecule is COc1ccc(NC(=O)c2ccco2)cc1NC(=S)NC(=O)/C=C/c1ccc(Cl)cc1. The van der Waals surface area contributed by atoms with E-state index in [1.165, 1.54) is 19.4 Å². The molecule has 3 aromatic rings. The van der Waals surface area contributed by atoms with E-state index < -0.39 is 11.8 Å². The lowest BCUT2D eigenvalue weighted by Gasteiger charge is -2.14. The Kier molecular flexibility index (Phi) is 7.42. The molecule has 0 unspecified atom stereocenters. The number of benzene rings is 2. The third kappa shape index (κ3) is 6.43. The van der Waals surface area contributed by atoms with Crippen LogP contribution in [0.15, 0.2) is 71.4 Å². The summed E-state index contributed by atoms with van der Waals surface area (Å²) in [4.78, 5) is 24.3. The number of ether oxygens (including phenoxy) is 1. The van der Waals surface area contributed by atoms with Crippen molar-refractivity contribution < 1.29 is 18.7 Å². The monoisotopic (exact) mass is 455 g/mol. The van der Waals surface area contributed by atoms with Crippen LogP contribution in [0.5, 0.6) is 5.75 Å². The summed E-state index contributed by atoms with van der Waals surface area (Å²) in [5.74, 6) is -0.150. The smallest absolute Gasteiger partial charge is 0.291 e. The predicted molar refractivity (Wildman–Crippen MR) is 125 cm³/mol. The average Bonchev–Trinajstić information content (AvgIpc) is 3.29. The number of rotatable bonds is 6. The normalized spacial score (nSPS) is 10.5. The van der Waals surface area contributed by atoms with Gasteiger partial charge in [-0.05, 0) is 66.3 Å². The first-order valence-corrected chi connectivity index (χ1v) is 9.82. The highest BCUT2D eigenvalue weighted by atomic mass is 35.5. The summed E-state index contributed by atoms with van der Waals surface area (Å²) in [5, 5.41) is 8.84. The van der Waals surface area contributed by atoms with Crippen molar-refractivity contribution >= 4 is 58.2 Å². The molecule has 2 aromatic carbocycles. The molecule has 3 rings (SSSR count). The van der Waals surface area contributed by atoms with E-state index in [0.717, 1.165) is 5.56 Å². The van der Waals surface area contributed by atoms with E-state index in [2.05, 4.69) is 16.0 Å². The largest absolute Gasteiger partial charge is 0.495 e. The number of carbonyl (C=O) groups excluding carboxylic acids is 2. The van der Waals surface area contributed by atoms with Gasteiger partial charge in [0.2, 0.25) is 5.91 Å². The van der Waals surface area contributed by atoms with Gasteiger partial charge in [0.15, 0.2) is 10.9 Å². The van der Waals surface area contributed by atoms with E-state index in [-0.39, 0.29) is 10.9 Å². The molecule has 7 nitrogen and oxygen atoms in total. The molecule has 0 atom stereocenters. The number of anilines is 2. The van der Waals surface area contributed by atoms with Crippen LogP contribution < -0.4 is 20.7 Å². The van der Waals surface area contributed by atoms with E-state index in [9.17, 15) is 9.59 Å². The predicted octanol–water partition coefficient (Wildman–Crippen LogP) is 4.72. The Morgan fingerprint density at radius 3 is 2.55 bits per heavy atom. The van der Waals surface area contributed by atoms with E-state index >= 15 is 0 Å². The van der Waals surface area contributed by atoms with Crippen molar-refractivity contribution in [1.29, 1.82) is 0 Å². The summed E-state index contributed by atoms with van der Waals surface area (Å²) < 4.78 is 10.4. The van der Waals surface area contributed by atoms with Gasteiger partial charge in [0.05, 0.1) is 19.1 Å². The van der Waals surface area contributed by atoms with Crippen molar-refractivity contribution in [2.45, 2.75) is 0 Å². The zero-order valence-electron chi connectivity index (χ0n) is 16.3. The average molecular weight is 456 g/mol. The standard InChI is InChI=1S/C22H18ClN3O4S/c1-29-18-10-9-16(24-21(28)19-3-2-12-30-19)13-17(18)25-22(31)26-20(27)11-6-14-4-7-15(23)8-5-14/h2-13H,1H3,(H,24,28)(H2,25,26,27,31)/b11-6+. The number of halogens is 1. The van der Waals surface area contributed by atoms with Gasteiger partial charge in [0, 0.05) is 16.8 Å². The Morgan fingerprint density at radius 2 is 1.87 bits per heavy atom. The summed E-state index contributed by atoms with van der Waals surface area (Å²) in [7, 11) is 1.50. The highest BCUT2D eigenvalue weighted by Crippen LogP contribution is 2.28. The third-order valence-corrected chi connectivity index (χ3v) is 4.44. The zero-order valence-corrected chi connectivity index (χ0v) is 17.9. The maximum absolute atomic E-state index is 12.2. The van der Waals surface area contributed by atoms with Gasteiger partial charge >= 0.3 is 0 Å². The van der Waals surface area contributed by atoms with Crippen LogP contribution in [0, 0.1) is 0 Å². The van der Waals surface area contributed by atoms with Gasteiger partial charge in [-0.25, -0.2) is 0 Å². The molecule has 0 radical (unpaired) electrons. The van der Waals surface area contributed by atoms with Crippen LogP contribution in [0.25, 0.3) is 6.08 Å². The molecule has 2 amide bonds. The zero-order chi connectivity index (χ0) is 22.2. The third-order valence-electron chi connectivity index (χ3n) is 3.98. The Balaban J connectivity index is 1.63. The van der Waals surface area contributed by atoms with Crippen LogP contribution in [0.4, 0.5) is 11.4 Å². The molecule has 0 saturated heterocycles. The fourth-order valence-corrected chi connectivity index (χ4v) is 2.87. The molecule has 0 aliphatic heterocycles. The summed E-state index contributed by atoms with van der Waals surface area (Å²) >= 11 is 11.1. The summed E-state index contributed by atoms with van der Waals surface area (Å²) in [6.45, 7) is 0. The minimum absolute atomic E-state index is 0.0681. The Hall–Kier alpha value is -3.62. The molecule has 0 bridgehead atoms. The second kappa shape index (κ2) is 10.4. The fraction of sp³-hybridized carbons (Fsp3) is 0.0455. The highest BCUT2D eigenvalue weighted by molar-refractivity contribution is 7.80. The molecule has 0 aliphatic rings. The fourth-order valence-electron chi connectivity index (χ4n) is 2.54. The Morgan fingerprint density at radius 1 is 1.10 bits per heavy atom. The van der Waals surface area contributed by atoms with Crippen LogP contribution in [-0.2, 0) is 4.79 Å². The number of furan rings is 1. The lowest BCUT2D eigenvalue weighted by Crippen LogP contribution is -2.33. The molecule has 158 valence electrons. The van der Waals surface area contributed by atoms with Crippen molar-refractivity contribution in [3.8, 4) is 5.75 Å². The molecule has 3 N–H and O–H groups in total. The maximum atomic E-state index is 12.2. The van der Waals surface area contributed by atoms with Gasteiger partial charge in [0.1, 0.15) is 5.75 Å². The summed E-state index contributed by atoms with van der Waals surface area (Å²) in [6, 6.07) is 15.2. The minimum atomic E-state index is -0.409. The van der Waals surface area contributed by atoms with Crippen molar-refractivity contribution in [2.75, 3.05) is 17.7 Å². The van der Waals surface area contributed by atoms with Gasteiger partial charge in [-0.2, -0.15) is 0 Å². The molecular formula is C22H18ClN3O4S. The number of carbonyl (C=O) groups is 2. The van der Waals surface area contributed by atoms with E-state index in [4.69, 9.17) is 33.0 Å². The van der Waals surface area contributed by atoms with Crippen molar-refractivity contribution in [1.82, 2.24) is 5.32 Å². The lowest BCUT2D eigenvalue weighted by molar-refractivity contribution is -0.115. The number of hydrogen-bond acceptors (Lipinski definition) is 5. The molecule has 31 heavy (non-hydrogen) atoms. The van der Waals surface area contributed by atoms with Gasteiger partial charge < -0.3 is 19.8 Å². The molecule has 9 heteroatoms. The Labute approximate surface area is 189 Å². The maximum Gasteiger partial charge on any atom is 0.291 e. The molecule has 0 fully saturated rings. The number of methoxy groups -OCH3 is 1. The van der Waals surface area contributed by atoms with E-state index in [1.807, 2.05) is 0 Å². The lowest BCUT2D eigenvalue weighted by atomic mass is 10.2. The van der Waals surface area contributed by atoms with E-state index in [1.54, 1.807) is 60.7 Å². The van der Waals surface area contributed by atoms with Crippen LogP contribution in [0.1, 0.15) is 16.1 Å². The number of hydrogen-bond donors (Lipinski definition) is 3. The van der Waals surface area contributed by atoms with Gasteiger partial charge in [0.25, 0.3) is 5.91 Å². The minimum Gasteiger partial charge on any atom is -0.495 e. The first-order chi connectivity index (χ1) is 14.9. The van der Waals surface area contributed by atoms with Crippen molar-refractivity contribution in [3.05, 3.63) is 83.3 Å². The second-order valence-corrected chi connectivity index (χ2v) is 7.02. The number of amides is 2. The van der Waals surface area contributed by atoms with Crippen LogP contribution >= 0.6 is 23.8 Å². The first kappa shape index (κ1) is 22.1. The van der Waals surface area contributed by atoms with E-state index in [0.29, 0.717) is 22.1 Å². The van der Waals surface area contributed by atoms with Gasteiger partial charge in [-0.3, -0.25) is 14.9 Å². The topological polar surface area (TPSA) is 92.6 Å². The van der Waals surface area contributed by atoms with Gasteiger partial charge in [-0.15, -0.1) is 0 Å². The van der Waals surface area contributed by atoms with Crippen molar-refractivity contribution in [3.63, 3.8) is 0 Å². The Bertz CT molecular complexity index is 1110. The summed E-state index contributed by atoms with van der Waals surface area (Å²) in [5.41, 5.74) is 1.77. The van der Waals surface area contributed by atoms with Gasteiger partial charge in [-0.1, -0.05) is 23.7 Å². The number of nitrogens with one attached hydrogen (secondary N) is 3. The molecule has 1 aromatic heterocycles. The quantitative estimate of drug-likeness (QED) is 0.368. The first-order valence-electron chi connectivity index (χ1n) is 9.03. The molecule has 0 spiro atoms. The van der Waals surface area contributed by atoms with Crippen molar-refractivity contribution in [2.24, 2.45) is 0 Å². The molecular weight excluding hydrogens is 438 g/mol. The van der Waals surface area contributed by atoms with Crippen LogP contribution in [0.2, 0.25) is 5.02 Å². The molecule has 0 saturated carbocycles. The second-order valence-electron chi connectivity index (χ2n) is 6.17. The summed E-state index contributed by atoms with van der Waals surface area (Å²) in [6.07, 6.45) is 4.41. The molecule has 0 aliphatic carbocycles. The molecule has 1 heterocycles. The number of thiocarbonyl (C=S) groups is 1. The van der Waals surface area contributed by atoms with Crippen LogP contribution in [0.3, 0.4) is 0 Å². The highest BCUT2D eigenvalue weighted by Gasteiger charge is 2.12. The van der Waals surface area contributed by atoms with Crippen LogP contribution in [-0.4, -0.2) is 24.0 Å².